The Kier molecular flexibility index (Phi) is 6.90. The quantitative estimate of drug-likeness (QED) is 0.361. The number of hydrogen-bond donors (Lipinski definition) is 5. The molecule has 28 heavy (non-hydrogen) atoms. The SMILES string of the molecule is CC1ONCC1C(=O)N/C(=N/C1CC(C2CCC(F)CC2)NN1)NC(C)(C)C. The second-order valence-corrected chi connectivity index (χ2v) is 9.28. The van der Waals surface area contributed by atoms with E-state index < -0.39 is 6.17 Å². The largest absolute Gasteiger partial charge is 0.351 e. The summed E-state index contributed by atoms with van der Waals surface area (Å²) in [4.78, 5) is 22.6. The number of carbonyl (C=O) groups is 1. The molecule has 3 rings (SSSR count). The number of nitrogens with one attached hydrogen (secondary N) is 5. The molecule has 5 N–H and O–H groups in total. The molecule has 1 aliphatic carbocycles. The van der Waals surface area contributed by atoms with Crippen LogP contribution in [0.5, 0.6) is 0 Å². The number of amides is 1. The molecule has 1 saturated carbocycles. The molecule has 0 bridgehead atoms. The predicted octanol–water partition coefficient (Wildman–Crippen LogP) is 1.11. The number of guanidine groups is 1. The van der Waals surface area contributed by atoms with E-state index in [0.717, 1.165) is 19.3 Å². The summed E-state index contributed by atoms with van der Waals surface area (Å²) in [5, 5.41) is 6.23. The standard InChI is InChI=1S/C19H35FN6O2/c1-11-14(10-21-28-11)17(27)23-18(24-19(2,3)4)22-16-9-15(25-26-16)12-5-7-13(20)8-6-12/h11-16,21,25-26H,5-10H2,1-4H3,(H2,22,23,24,27). The third-order valence-electron chi connectivity index (χ3n) is 5.68. The van der Waals surface area contributed by atoms with Gasteiger partial charge in [0.2, 0.25) is 5.91 Å². The average molecular weight is 399 g/mol. The molecular formula is C19H35FN6O2. The molecule has 2 heterocycles. The fourth-order valence-corrected chi connectivity index (χ4v) is 4.08. The van der Waals surface area contributed by atoms with E-state index in [1.165, 1.54) is 0 Å². The Morgan fingerprint density at radius 2 is 1.89 bits per heavy atom. The van der Waals surface area contributed by atoms with Gasteiger partial charge in [0, 0.05) is 24.5 Å². The fraction of sp³-hybridized carbons (Fsp3) is 0.895. The summed E-state index contributed by atoms with van der Waals surface area (Å²) < 4.78 is 13.4. The molecule has 4 atom stereocenters. The highest BCUT2D eigenvalue weighted by atomic mass is 19.1. The second kappa shape index (κ2) is 9.02. The topological polar surface area (TPSA) is 98.8 Å². The highest BCUT2D eigenvalue weighted by Crippen LogP contribution is 2.31. The van der Waals surface area contributed by atoms with Gasteiger partial charge in [-0.15, -0.1) is 0 Å². The van der Waals surface area contributed by atoms with E-state index in [0.29, 0.717) is 31.3 Å². The van der Waals surface area contributed by atoms with Crippen molar-refractivity contribution in [1.29, 1.82) is 0 Å². The molecule has 0 radical (unpaired) electrons. The maximum absolute atomic E-state index is 13.4. The first kappa shape index (κ1) is 21.4. The van der Waals surface area contributed by atoms with Crippen LogP contribution < -0.4 is 27.0 Å². The van der Waals surface area contributed by atoms with Crippen molar-refractivity contribution in [3.05, 3.63) is 0 Å². The summed E-state index contributed by atoms with van der Waals surface area (Å²) in [5.41, 5.74) is 9.08. The Morgan fingerprint density at radius 3 is 2.50 bits per heavy atom. The van der Waals surface area contributed by atoms with Crippen LogP contribution in [0.1, 0.15) is 59.8 Å². The van der Waals surface area contributed by atoms with Gasteiger partial charge < -0.3 is 5.32 Å². The molecule has 9 heteroatoms. The van der Waals surface area contributed by atoms with Crippen molar-refractivity contribution in [3.63, 3.8) is 0 Å². The van der Waals surface area contributed by atoms with E-state index in [-0.39, 0.29) is 35.7 Å². The van der Waals surface area contributed by atoms with Crippen LogP contribution in [-0.2, 0) is 9.63 Å². The molecule has 0 spiro atoms. The third kappa shape index (κ3) is 5.85. The minimum absolute atomic E-state index is 0.114. The van der Waals surface area contributed by atoms with Crippen molar-refractivity contribution in [2.24, 2.45) is 16.8 Å². The lowest BCUT2D eigenvalue weighted by Gasteiger charge is -2.28. The highest BCUT2D eigenvalue weighted by Gasteiger charge is 2.35. The van der Waals surface area contributed by atoms with Gasteiger partial charge in [0.15, 0.2) is 5.96 Å². The molecule has 0 aromatic carbocycles. The molecular weight excluding hydrogens is 363 g/mol. The van der Waals surface area contributed by atoms with Crippen molar-refractivity contribution in [2.75, 3.05) is 6.54 Å². The van der Waals surface area contributed by atoms with E-state index in [1.807, 2.05) is 27.7 Å². The minimum atomic E-state index is -0.645. The van der Waals surface area contributed by atoms with Gasteiger partial charge in [-0.2, -0.15) is 0 Å². The van der Waals surface area contributed by atoms with Gasteiger partial charge >= 0.3 is 0 Å². The lowest BCUT2D eigenvalue weighted by Crippen LogP contribution is -2.52. The number of hydrazine groups is 1. The van der Waals surface area contributed by atoms with Crippen LogP contribution in [-0.4, -0.2) is 48.4 Å². The molecule has 160 valence electrons. The second-order valence-electron chi connectivity index (χ2n) is 9.28. The van der Waals surface area contributed by atoms with Crippen molar-refractivity contribution in [1.82, 2.24) is 27.0 Å². The lowest BCUT2D eigenvalue weighted by molar-refractivity contribution is -0.124. The zero-order chi connectivity index (χ0) is 20.3. The van der Waals surface area contributed by atoms with Crippen LogP contribution in [0.4, 0.5) is 4.39 Å². The van der Waals surface area contributed by atoms with Crippen LogP contribution in [0.3, 0.4) is 0 Å². The molecule has 3 fully saturated rings. The van der Waals surface area contributed by atoms with Crippen LogP contribution in [0.2, 0.25) is 0 Å². The number of alkyl halides is 1. The van der Waals surface area contributed by atoms with Gasteiger partial charge in [-0.05, 0) is 59.3 Å². The Labute approximate surface area is 166 Å². The zero-order valence-corrected chi connectivity index (χ0v) is 17.3. The summed E-state index contributed by atoms with van der Waals surface area (Å²) in [7, 11) is 0. The third-order valence-corrected chi connectivity index (χ3v) is 5.68. The molecule has 2 aliphatic heterocycles. The van der Waals surface area contributed by atoms with E-state index in [9.17, 15) is 9.18 Å². The summed E-state index contributed by atoms with van der Waals surface area (Å²) in [6.07, 6.45) is 2.97. The number of nitrogens with zero attached hydrogens (tertiary/aromatic N) is 1. The van der Waals surface area contributed by atoms with E-state index in [1.54, 1.807) is 0 Å². The summed E-state index contributed by atoms with van der Waals surface area (Å²) in [6, 6.07) is 0.278. The molecule has 1 amide bonds. The highest BCUT2D eigenvalue weighted by molar-refractivity contribution is 5.98. The number of halogens is 1. The van der Waals surface area contributed by atoms with Gasteiger partial charge in [-0.3, -0.25) is 20.4 Å². The van der Waals surface area contributed by atoms with E-state index in [2.05, 4.69) is 27.0 Å². The number of hydroxylamine groups is 1. The van der Waals surface area contributed by atoms with Gasteiger partial charge in [-0.1, -0.05) is 0 Å². The molecule has 0 aromatic rings. The summed E-state index contributed by atoms with van der Waals surface area (Å²) in [6.45, 7) is 8.43. The summed E-state index contributed by atoms with van der Waals surface area (Å²) >= 11 is 0. The first-order valence-corrected chi connectivity index (χ1v) is 10.4. The predicted molar refractivity (Wildman–Crippen MR) is 106 cm³/mol. The lowest BCUT2D eigenvalue weighted by atomic mass is 9.82. The first-order chi connectivity index (χ1) is 13.2. The molecule has 4 unspecified atom stereocenters. The van der Waals surface area contributed by atoms with Crippen LogP contribution >= 0.6 is 0 Å². The fourth-order valence-electron chi connectivity index (χ4n) is 4.08. The van der Waals surface area contributed by atoms with E-state index in [4.69, 9.17) is 9.83 Å². The smallest absolute Gasteiger partial charge is 0.233 e. The van der Waals surface area contributed by atoms with Crippen LogP contribution in [0.15, 0.2) is 4.99 Å². The van der Waals surface area contributed by atoms with Crippen molar-refractivity contribution in [3.8, 4) is 0 Å². The number of carbonyl (C=O) groups excluding carboxylic acids is 1. The van der Waals surface area contributed by atoms with Gasteiger partial charge in [0.05, 0.1) is 12.0 Å². The maximum atomic E-state index is 13.4. The summed E-state index contributed by atoms with van der Waals surface area (Å²) in [5.74, 6) is 0.557. The van der Waals surface area contributed by atoms with Gasteiger partial charge in [0.1, 0.15) is 12.3 Å². The minimum Gasteiger partial charge on any atom is -0.351 e. The zero-order valence-electron chi connectivity index (χ0n) is 17.3. The monoisotopic (exact) mass is 398 g/mol. The Bertz CT molecular complexity index is 573. The van der Waals surface area contributed by atoms with Crippen molar-refractivity contribution < 1.29 is 14.0 Å². The normalized spacial score (nSPS) is 37.1. The molecule has 8 nitrogen and oxygen atoms in total. The Balaban J connectivity index is 1.61. The number of rotatable bonds is 3. The van der Waals surface area contributed by atoms with Crippen molar-refractivity contribution >= 4 is 11.9 Å². The Morgan fingerprint density at radius 1 is 1.18 bits per heavy atom. The number of hydrogen-bond acceptors (Lipinski definition) is 6. The average Bonchev–Trinajstić information content (AvgIpc) is 3.23. The Hall–Kier alpha value is -1.29. The molecule has 0 aromatic heterocycles. The van der Waals surface area contributed by atoms with Gasteiger partial charge in [0.25, 0.3) is 0 Å². The first-order valence-electron chi connectivity index (χ1n) is 10.4. The molecule has 3 aliphatic rings. The number of aliphatic imine (C=N–C) groups is 1. The van der Waals surface area contributed by atoms with Crippen LogP contribution in [0.25, 0.3) is 0 Å². The van der Waals surface area contributed by atoms with Crippen LogP contribution in [0, 0.1) is 11.8 Å². The van der Waals surface area contributed by atoms with Gasteiger partial charge in [-0.25, -0.2) is 20.3 Å². The van der Waals surface area contributed by atoms with Crippen molar-refractivity contribution in [2.45, 2.75) is 89.8 Å². The van der Waals surface area contributed by atoms with E-state index >= 15 is 0 Å². The maximum Gasteiger partial charge on any atom is 0.233 e. The molecule has 2 saturated heterocycles.